The van der Waals surface area contributed by atoms with Crippen LogP contribution in [0.4, 0.5) is 22.0 Å². The molecule has 0 atom stereocenters. The molecule has 27 heavy (non-hydrogen) atoms. The lowest BCUT2D eigenvalue weighted by Gasteiger charge is -2.18. The largest absolute Gasteiger partial charge is 0.488 e. The van der Waals surface area contributed by atoms with Crippen molar-refractivity contribution in [3.05, 3.63) is 58.7 Å². The van der Waals surface area contributed by atoms with Crippen molar-refractivity contribution in [1.82, 2.24) is 0 Å². The fraction of sp³-hybridized carbons (Fsp3) is 0.316. The summed E-state index contributed by atoms with van der Waals surface area (Å²) in [5.41, 5.74) is -1.32. The summed E-state index contributed by atoms with van der Waals surface area (Å²) in [4.78, 5) is 11.5. The van der Waals surface area contributed by atoms with Gasteiger partial charge < -0.3 is 9.47 Å². The first kappa shape index (κ1) is 20.7. The molecule has 2 aromatic rings. The molecule has 0 aliphatic rings. The normalized spacial score (nSPS) is 11.6. The van der Waals surface area contributed by atoms with Gasteiger partial charge in [-0.15, -0.1) is 0 Å². The predicted octanol–water partition coefficient (Wildman–Crippen LogP) is 5.85. The number of ether oxygens (including phenoxy) is 2. The fourth-order valence-corrected chi connectivity index (χ4v) is 2.37. The van der Waals surface area contributed by atoms with Gasteiger partial charge in [0.05, 0.1) is 11.1 Å². The van der Waals surface area contributed by atoms with Gasteiger partial charge in [-0.25, -0.2) is 8.78 Å². The van der Waals surface area contributed by atoms with E-state index in [1.165, 1.54) is 25.1 Å². The lowest BCUT2D eigenvalue weighted by molar-refractivity contribution is -0.140. The molecule has 146 valence electrons. The number of carbonyl (C=O) groups excluding carboxylic acids is 1. The van der Waals surface area contributed by atoms with Crippen LogP contribution in [0.5, 0.6) is 11.5 Å². The number of aryl methyl sites for hydroxylation is 1. The number of hydrogen-bond acceptors (Lipinski definition) is 3. The van der Waals surface area contributed by atoms with E-state index < -0.39 is 41.9 Å². The van der Waals surface area contributed by atoms with Gasteiger partial charge in [0.15, 0.2) is 0 Å². The molecule has 0 saturated heterocycles. The number of hydrogen-bond donors (Lipinski definition) is 0. The van der Waals surface area contributed by atoms with Gasteiger partial charge in [-0.3, -0.25) is 4.79 Å². The van der Waals surface area contributed by atoms with Crippen LogP contribution >= 0.6 is 0 Å². The highest BCUT2D eigenvalue weighted by molar-refractivity contribution is 5.72. The number of alkyl halides is 5. The summed E-state index contributed by atoms with van der Waals surface area (Å²) >= 11 is 0. The summed E-state index contributed by atoms with van der Waals surface area (Å²) in [6.07, 6.45) is -7.62. The lowest BCUT2D eigenvalue weighted by atomic mass is 10.1. The molecule has 8 heteroatoms. The second kappa shape index (κ2) is 8.37. The Kier molecular flexibility index (Phi) is 6.41. The first-order valence-electron chi connectivity index (χ1n) is 8.04. The van der Waals surface area contributed by atoms with Crippen LogP contribution in [0.1, 0.15) is 42.0 Å². The van der Waals surface area contributed by atoms with Crippen molar-refractivity contribution in [2.45, 2.75) is 39.5 Å². The first-order valence-corrected chi connectivity index (χ1v) is 8.04. The third-order valence-electron chi connectivity index (χ3n) is 3.73. The van der Waals surface area contributed by atoms with Crippen LogP contribution < -0.4 is 9.47 Å². The zero-order chi connectivity index (χ0) is 20.2. The minimum Gasteiger partial charge on any atom is -0.488 e. The van der Waals surface area contributed by atoms with Crippen molar-refractivity contribution in [2.75, 3.05) is 0 Å². The van der Waals surface area contributed by atoms with E-state index in [2.05, 4.69) is 0 Å². The van der Waals surface area contributed by atoms with E-state index in [1.807, 2.05) is 0 Å². The average Bonchev–Trinajstić information content (AvgIpc) is 2.59. The third kappa shape index (κ3) is 5.18. The molecule has 0 amide bonds. The summed E-state index contributed by atoms with van der Waals surface area (Å²) in [6.45, 7) is 2.44. The molecule has 0 unspecified atom stereocenters. The van der Waals surface area contributed by atoms with Crippen LogP contribution in [-0.4, -0.2) is 5.97 Å². The maximum absolute atomic E-state index is 13.3. The SMILES string of the molecule is CCC(=O)Oc1cccc(C(F)(F)F)c1COc1cc(C)ccc1C(F)F. The number of rotatable bonds is 6. The van der Waals surface area contributed by atoms with Crippen LogP contribution in [0, 0.1) is 6.92 Å². The van der Waals surface area contributed by atoms with E-state index >= 15 is 0 Å². The average molecular weight is 388 g/mol. The topological polar surface area (TPSA) is 35.5 Å². The Bertz CT molecular complexity index is 815. The summed E-state index contributed by atoms with van der Waals surface area (Å²) in [5, 5.41) is 0. The van der Waals surface area contributed by atoms with Gasteiger partial charge >= 0.3 is 12.1 Å². The van der Waals surface area contributed by atoms with E-state index in [-0.39, 0.29) is 17.9 Å². The maximum atomic E-state index is 13.3. The molecule has 0 heterocycles. The van der Waals surface area contributed by atoms with Crippen LogP contribution in [0.15, 0.2) is 36.4 Å². The zero-order valence-corrected chi connectivity index (χ0v) is 14.6. The van der Waals surface area contributed by atoms with Crippen LogP contribution in [0.2, 0.25) is 0 Å². The van der Waals surface area contributed by atoms with E-state index in [4.69, 9.17) is 9.47 Å². The third-order valence-corrected chi connectivity index (χ3v) is 3.73. The van der Waals surface area contributed by atoms with Crippen LogP contribution in [0.3, 0.4) is 0 Å². The van der Waals surface area contributed by atoms with E-state index in [0.717, 1.165) is 18.2 Å². The van der Waals surface area contributed by atoms with E-state index in [9.17, 15) is 26.7 Å². The molecule has 3 nitrogen and oxygen atoms in total. The van der Waals surface area contributed by atoms with Crippen molar-refractivity contribution < 1.29 is 36.2 Å². The second-order valence-corrected chi connectivity index (χ2v) is 5.74. The predicted molar refractivity (Wildman–Crippen MR) is 87.8 cm³/mol. The highest BCUT2D eigenvalue weighted by Crippen LogP contribution is 2.38. The molecule has 0 saturated carbocycles. The molecular weight excluding hydrogens is 371 g/mol. The fourth-order valence-electron chi connectivity index (χ4n) is 2.37. The Morgan fingerprint density at radius 2 is 1.81 bits per heavy atom. The van der Waals surface area contributed by atoms with Gasteiger partial charge in [-0.1, -0.05) is 19.1 Å². The Morgan fingerprint density at radius 1 is 1.11 bits per heavy atom. The molecular formula is C19H17F5O3. The molecule has 2 rings (SSSR count). The lowest BCUT2D eigenvalue weighted by Crippen LogP contribution is -2.15. The van der Waals surface area contributed by atoms with Gasteiger partial charge in [0.1, 0.15) is 18.1 Å². The molecule has 0 spiro atoms. The van der Waals surface area contributed by atoms with Crippen molar-refractivity contribution in [2.24, 2.45) is 0 Å². The molecule has 0 radical (unpaired) electrons. The number of carbonyl (C=O) groups is 1. The number of halogens is 5. The second-order valence-electron chi connectivity index (χ2n) is 5.74. The minimum absolute atomic E-state index is 0.0377. The van der Waals surface area contributed by atoms with Gasteiger partial charge in [0.2, 0.25) is 0 Å². The Hall–Kier alpha value is -2.64. The summed E-state index contributed by atoms with van der Waals surface area (Å²) < 4.78 is 76.5. The maximum Gasteiger partial charge on any atom is 0.416 e. The highest BCUT2D eigenvalue weighted by atomic mass is 19.4. The van der Waals surface area contributed by atoms with Gasteiger partial charge in [-0.05, 0) is 36.8 Å². The summed E-state index contributed by atoms with van der Waals surface area (Å²) in [5.74, 6) is -1.27. The van der Waals surface area contributed by atoms with Crippen molar-refractivity contribution >= 4 is 5.97 Å². The molecule has 0 N–H and O–H groups in total. The van der Waals surface area contributed by atoms with Gasteiger partial charge in [0, 0.05) is 12.0 Å². The Labute approximate surface area is 152 Å². The van der Waals surface area contributed by atoms with E-state index in [1.54, 1.807) is 6.92 Å². The summed E-state index contributed by atoms with van der Waals surface area (Å²) in [7, 11) is 0. The molecule has 0 aliphatic carbocycles. The van der Waals surface area contributed by atoms with Crippen molar-refractivity contribution in [3.8, 4) is 11.5 Å². The molecule has 0 aromatic heterocycles. The van der Waals surface area contributed by atoms with E-state index in [0.29, 0.717) is 5.56 Å². The zero-order valence-electron chi connectivity index (χ0n) is 14.6. The molecule has 2 aromatic carbocycles. The van der Waals surface area contributed by atoms with Crippen LogP contribution in [-0.2, 0) is 17.6 Å². The van der Waals surface area contributed by atoms with Gasteiger partial charge in [-0.2, -0.15) is 13.2 Å². The smallest absolute Gasteiger partial charge is 0.416 e. The monoisotopic (exact) mass is 388 g/mol. The minimum atomic E-state index is -4.73. The summed E-state index contributed by atoms with van der Waals surface area (Å²) in [6, 6.07) is 7.03. The van der Waals surface area contributed by atoms with Crippen molar-refractivity contribution in [1.29, 1.82) is 0 Å². The quantitative estimate of drug-likeness (QED) is 0.354. The highest BCUT2D eigenvalue weighted by Gasteiger charge is 2.35. The Morgan fingerprint density at radius 3 is 2.41 bits per heavy atom. The molecule has 0 fully saturated rings. The van der Waals surface area contributed by atoms with Gasteiger partial charge in [0.25, 0.3) is 6.43 Å². The van der Waals surface area contributed by atoms with Crippen molar-refractivity contribution in [3.63, 3.8) is 0 Å². The Balaban J connectivity index is 2.42. The standard InChI is InChI=1S/C19H17F5O3/c1-3-17(25)27-15-6-4-5-14(19(22,23)24)13(15)10-26-16-9-11(2)7-8-12(16)18(20)21/h4-9,18H,3,10H2,1-2H3. The molecule has 0 aliphatic heterocycles. The molecule has 0 bridgehead atoms. The number of benzene rings is 2. The number of esters is 1. The van der Waals surface area contributed by atoms with Crippen LogP contribution in [0.25, 0.3) is 0 Å². The first-order chi connectivity index (χ1) is 12.6.